The summed E-state index contributed by atoms with van der Waals surface area (Å²) >= 11 is 0. The number of amides is 1. The third-order valence-corrected chi connectivity index (χ3v) is 2.35. The van der Waals surface area contributed by atoms with E-state index in [2.05, 4.69) is 0 Å². The molecule has 5 heteroatoms. The van der Waals surface area contributed by atoms with Gasteiger partial charge in [-0.2, -0.15) is 0 Å². The average Bonchev–Trinajstić information content (AvgIpc) is 2.78. The average molecular weight is 204 g/mol. The van der Waals surface area contributed by atoms with E-state index in [1.807, 2.05) is 13.8 Å². The maximum absolute atomic E-state index is 12.6. The molecule has 0 bridgehead atoms. The highest BCUT2D eigenvalue weighted by atomic mass is 19.2. The Bertz CT molecular complexity index is 201. The molecule has 1 amide bonds. The van der Waals surface area contributed by atoms with Gasteiger partial charge in [-0.1, -0.05) is 13.8 Å². The molecular weight excluding hydrogens is 187 g/mol. The molecule has 82 valence electrons. The molecule has 2 rings (SSSR count). The van der Waals surface area contributed by atoms with Crippen LogP contribution in [-0.4, -0.2) is 48.4 Å². The molecule has 2 heterocycles. The first-order chi connectivity index (χ1) is 6.77. The van der Waals surface area contributed by atoms with Crippen molar-refractivity contribution >= 4 is 6.09 Å². The summed E-state index contributed by atoms with van der Waals surface area (Å²) in [6.45, 7) is 5.81. The Morgan fingerprint density at radius 1 is 1.43 bits per heavy atom. The van der Waals surface area contributed by atoms with Gasteiger partial charge in [0.25, 0.3) is 0 Å². The highest BCUT2D eigenvalue weighted by molar-refractivity contribution is 5.69. The van der Waals surface area contributed by atoms with E-state index in [4.69, 9.17) is 4.74 Å². The van der Waals surface area contributed by atoms with Gasteiger partial charge in [-0.25, -0.2) is 4.79 Å². The zero-order valence-corrected chi connectivity index (χ0v) is 8.70. The molecule has 2 aliphatic heterocycles. The molecule has 0 aromatic heterocycles. The van der Waals surface area contributed by atoms with Crippen molar-refractivity contribution in [2.75, 3.05) is 26.2 Å². The molecule has 1 unspecified atom stereocenters. The third kappa shape index (κ3) is 2.35. The topological polar surface area (TPSA) is 32.8 Å². The number of ether oxygens (including phenoxy) is 1. The van der Waals surface area contributed by atoms with E-state index in [1.165, 1.54) is 0 Å². The van der Waals surface area contributed by atoms with E-state index < -0.39 is 0 Å². The van der Waals surface area contributed by atoms with Crippen molar-refractivity contribution < 1.29 is 14.0 Å². The number of nitrogens with zero attached hydrogens (tertiary/aromatic N) is 2. The Kier molecular flexibility index (Phi) is 4.13. The quantitative estimate of drug-likeness (QED) is 0.606. The van der Waals surface area contributed by atoms with Gasteiger partial charge in [0.1, 0.15) is 6.61 Å². The van der Waals surface area contributed by atoms with Crippen LogP contribution in [0.25, 0.3) is 0 Å². The predicted octanol–water partition coefficient (Wildman–Crippen LogP) is 1.42. The Morgan fingerprint density at radius 2 is 2.14 bits per heavy atom. The number of halogens is 1. The van der Waals surface area contributed by atoms with E-state index in [-0.39, 0.29) is 12.1 Å². The van der Waals surface area contributed by atoms with Gasteiger partial charge in [-0.3, -0.25) is 0 Å². The van der Waals surface area contributed by atoms with Crippen LogP contribution in [0.4, 0.5) is 9.28 Å². The van der Waals surface area contributed by atoms with E-state index in [0.717, 1.165) is 5.12 Å². The van der Waals surface area contributed by atoms with Crippen molar-refractivity contribution in [1.82, 2.24) is 10.0 Å². The Balaban J connectivity index is 0.000000461. The van der Waals surface area contributed by atoms with Crippen LogP contribution in [0.15, 0.2) is 0 Å². The first kappa shape index (κ1) is 11.2. The minimum atomic E-state index is -0.296. The molecule has 0 aliphatic carbocycles. The summed E-state index contributed by atoms with van der Waals surface area (Å²) in [5.41, 5.74) is 0. The summed E-state index contributed by atoms with van der Waals surface area (Å²) in [5.74, 6) is 0. The lowest BCUT2D eigenvalue weighted by Crippen LogP contribution is -2.37. The van der Waals surface area contributed by atoms with Gasteiger partial charge in [0.05, 0.1) is 12.6 Å². The van der Waals surface area contributed by atoms with E-state index >= 15 is 0 Å². The van der Waals surface area contributed by atoms with Crippen LogP contribution in [0.5, 0.6) is 0 Å². The van der Waals surface area contributed by atoms with Gasteiger partial charge in [0.2, 0.25) is 0 Å². The van der Waals surface area contributed by atoms with E-state index in [9.17, 15) is 9.28 Å². The highest BCUT2D eigenvalue weighted by Gasteiger charge is 2.34. The molecule has 2 fully saturated rings. The molecule has 4 nitrogen and oxygen atoms in total. The van der Waals surface area contributed by atoms with Crippen molar-refractivity contribution in [2.24, 2.45) is 0 Å². The number of cyclic esters (lactones) is 1. The third-order valence-electron chi connectivity index (χ3n) is 2.35. The monoisotopic (exact) mass is 204 g/mol. The van der Waals surface area contributed by atoms with Gasteiger partial charge >= 0.3 is 6.09 Å². The summed E-state index contributed by atoms with van der Waals surface area (Å²) in [6.07, 6.45) is 0.418. The van der Waals surface area contributed by atoms with Crippen molar-refractivity contribution in [3.8, 4) is 0 Å². The molecule has 0 N–H and O–H groups in total. The van der Waals surface area contributed by atoms with E-state index in [1.54, 1.807) is 4.90 Å². The van der Waals surface area contributed by atoms with Crippen LogP contribution in [0.3, 0.4) is 0 Å². The second kappa shape index (κ2) is 5.14. The zero-order chi connectivity index (χ0) is 10.6. The fourth-order valence-corrected chi connectivity index (χ4v) is 1.69. The number of hydrogen-bond acceptors (Lipinski definition) is 3. The molecule has 0 spiro atoms. The van der Waals surface area contributed by atoms with Crippen molar-refractivity contribution in [2.45, 2.75) is 26.3 Å². The largest absolute Gasteiger partial charge is 0.448 e. The lowest BCUT2D eigenvalue weighted by molar-refractivity contribution is 0.0488. The van der Waals surface area contributed by atoms with Crippen LogP contribution in [0.1, 0.15) is 20.3 Å². The molecule has 14 heavy (non-hydrogen) atoms. The first-order valence-corrected chi connectivity index (χ1v) is 5.11. The Labute approximate surface area is 83.5 Å². The molecule has 0 aromatic rings. The Hall–Kier alpha value is -0.840. The summed E-state index contributed by atoms with van der Waals surface area (Å²) in [7, 11) is 0. The number of rotatable bonds is 1. The summed E-state index contributed by atoms with van der Waals surface area (Å²) in [5, 5.41) is 0.746. The molecule has 0 radical (unpaired) electrons. The fraction of sp³-hybridized carbons (Fsp3) is 0.889. The number of carbonyl (C=O) groups excluding carboxylic acids is 1. The lowest BCUT2D eigenvalue weighted by atomic mass is 10.2. The minimum absolute atomic E-state index is 0.0185. The van der Waals surface area contributed by atoms with Gasteiger partial charge < -0.3 is 9.64 Å². The SMILES string of the molecule is CC.O=C1OCCN1C1CCN(F)C1. The molecule has 0 saturated carbocycles. The maximum atomic E-state index is 12.6. The van der Waals surface area contributed by atoms with Crippen LogP contribution in [0, 0.1) is 0 Å². The van der Waals surface area contributed by atoms with Gasteiger partial charge in [-0.05, 0) is 6.42 Å². The normalized spacial score (nSPS) is 27.2. The summed E-state index contributed by atoms with van der Waals surface area (Å²) < 4.78 is 17.4. The van der Waals surface area contributed by atoms with Crippen molar-refractivity contribution in [1.29, 1.82) is 0 Å². The van der Waals surface area contributed by atoms with Crippen LogP contribution in [0.2, 0.25) is 0 Å². The summed E-state index contributed by atoms with van der Waals surface area (Å²) in [6, 6.07) is 0.0185. The molecule has 1 atom stereocenters. The van der Waals surface area contributed by atoms with Crippen molar-refractivity contribution in [3.63, 3.8) is 0 Å². The maximum Gasteiger partial charge on any atom is 0.410 e. The number of carbonyl (C=O) groups is 1. The van der Waals surface area contributed by atoms with E-state index in [0.29, 0.717) is 32.7 Å². The van der Waals surface area contributed by atoms with Crippen LogP contribution < -0.4 is 0 Å². The standard InChI is InChI=1S/C7H11FN2O2.C2H6/c8-9-2-1-6(5-9)10-3-4-12-7(10)11;1-2/h6H,1-5H2;1-2H3. The first-order valence-electron chi connectivity index (χ1n) is 5.11. The highest BCUT2D eigenvalue weighted by Crippen LogP contribution is 2.18. The molecular formula is C9H17FN2O2. The van der Waals surface area contributed by atoms with Gasteiger partial charge in [0, 0.05) is 13.1 Å². The fourth-order valence-electron chi connectivity index (χ4n) is 1.69. The van der Waals surface area contributed by atoms with Crippen LogP contribution >= 0.6 is 0 Å². The predicted molar refractivity (Wildman–Crippen MR) is 50.5 cm³/mol. The lowest BCUT2D eigenvalue weighted by Gasteiger charge is -2.19. The second-order valence-corrected chi connectivity index (χ2v) is 3.12. The summed E-state index contributed by atoms with van der Waals surface area (Å²) in [4.78, 5) is 12.6. The molecule has 0 aromatic carbocycles. The number of hydrogen-bond donors (Lipinski definition) is 0. The van der Waals surface area contributed by atoms with Gasteiger partial charge in [0.15, 0.2) is 0 Å². The van der Waals surface area contributed by atoms with Crippen molar-refractivity contribution in [3.05, 3.63) is 0 Å². The molecule has 2 aliphatic rings. The zero-order valence-electron chi connectivity index (χ0n) is 8.70. The molecule has 2 saturated heterocycles. The van der Waals surface area contributed by atoms with Crippen LogP contribution in [-0.2, 0) is 4.74 Å². The van der Waals surface area contributed by atoms with Gasteiger partial charge in [-0.15, -0.1) is 9.60 Å². The second-order valence-electron chi connectivity index (χ2n) is 3.12. The minimum Gasteiger partial charge on any atom is -0.448 e. The Morgan fingerprint density at radius 3 is 2.57 bits per heavy atom. The smallest absolute Gasteiger partial charge is 0.410 e.